The number of ether oxygens (including phenoxy) is 1. The minimum atomic E-state index is -0.170. The fraction of sp³-hybridized carbons (Fsp3) is 0.111. The normalized spacial score (nSPS) is 10.8. The molecule has 0 unspecified atom stereocenters. The fourth-order valence-electron chi connectivity index (χ4n) is 2.67. The highest BCUT2D eigenvalue weighted by Crippen LogP contribution is 2.24. The predicted molar refractivity (Wildman–Crippen MR) is 100 cm³/mol. The van der Waals surface area contributed by atoms with Gasteiger partial charge in [0.15, 0.2) is 5.82 Å². The lowest BCUT2D eigenvalue weighted by Crippen LogP contribution is -2.19. The molecule has 0 saturated heterocycles. The van der Waals surface area contributed by atoms with E-state index >= 15 is 0 Å². The summed E-state index contributed by atoms with van der Waals surface area (Å²) in [6.07, 6.45) is 1.56. The number of benzene rings is 1. The maximum atomic E-state index is 12.6. The molecule has 130 valence electrons. The number of nitrogens with zero attached hydrogens (tertiary/aromatic N) is 4. The number of nitrogens with one attached hydrogen (secondary N) is 1. The molecule has 0 bridgehead atoms. The zero-order valence-electron chi connectivity index (χ0n) is 13.9. The van der Waals surface area contributed by atoms with Crippen LogP contribution in [-0.2, 0) is 11.3 Å². The number of fused-ring (bicyclic) bond motifs is 1. The number of carbonyl (C=O) groups is 1. The molecule has 0 fully saturated rings. The van der Waals surface area contributed by atoms with Gasteiger partial charge in [0.05, 0.1) is 35.5 Å². The van der Waals surface area contributed by atoms with Crippen molar-refractivity contribution in [1.29, 1.82) is 0 Å². The smallest absolute Gasteiger partial charge is 0.244 e. The average molecular weight is 365 g/mol. The monoisotopic (exact) mass is 365 g/mol. The third-order valence-corrected chi connectivity index (χ3v) is 4.43. The number of hydrogen-bond acceptors (Lipinski definition) is 6. The molecule has 0 spiro atoms. The molecule has 0 atom stereocenters. The molecule has 0 aliphatic carbocycles. The molecule has 8 heteroatoms. The van der Waals surface area contributed by atoms with Gasteiger partial charge in [-0.2, -0.15) is 0 Å². The van der Waals surface area contributed by atoms with Crippen molar-refractivity contribution in [1.82, 2.24) is 19.5 Å². The summed E-state index contributed by atoms with van der Waals surface area (Å²) >= 11 is 1.49. The zero-order chi connectivity index (χ0) is 17.9. The van der Waals surface area contributed by atoms with Gasteiger partial charge in [0.1, 0.15) is 12.2 Å². The number of hydrogen-bond donors (Lipinski definition) is 1. The molecule has 1 N–H and O–H groups in total. The number of para-hydroxylation sites is 2. The van der Waals surface area contributed by atoms with Gasteiger partial charge in [-0.15, -0.1) is 11.3 Å². The topological polar surface area (TPSA) is 81.9 Å². The van der Waals surface area contributed by atoms with Crippen LogP contribution in [0.5, 0.6) is 5.88 Å². The van der Waals surface area contributed by atoms with E-state index in [1.165, 1.54) is 11.3 Å². The summed E-state index contributed by atoms with van der Waals surface area (Å²) in [6, 6.07) is 11.2. The minimum Gasteiger partial charge on any atom is -0.481 e. The lowest BCUT2D eigenvalue weighted by Gasteiger charge is -2.09. The van der Waals surface area contributed by atoms with Crippen LogP contribution in [0.25, 0.3) is 22.6 Å². The van der Waals surface area contributed by atoms with E-state index in [4.69, 9.17) is 4.74 Å². The number of anilines is 1. The Hall–Kier alpha value is -3.26. The van der Waals surface area contributed by atoms with Crippen molar-refractivity contribution in [3.63, 3.8) is 0 Å². The molecule has 0 saturated carbocycles. The van der Waals surface area contributed by atoms with Gasteiger partial charge >= 0.3 is 0 Å². The SMILES string of the molecule is COc1ccc(NC(=O)Cn2c(-c3cscn3)nc3ccccc32)cn1. The number of rotatable bonds is 5. The summed E-state index contributed by atoms with van der Waals surface area (Å²) in [6.45, 7) is 0.124. The average Bonchev–Trinajstić information content (AvgIpc) is 3.31. The summed E-state index contributed by atoms with van der Waals surface area (Å²) < 4.78 is 6.89. The van der Waals surface area contributed by atoms with Crippen LogP contribution in [0.15, 0.2) is 53.5 Å². The van der Waals surface area contributed by atoms with Gasteiger partial charge in [-0.3, -0.25) is 4.79 Å². The van der Waals surface area contributed by atoms with Crippen LogP contribution in [0, 0.1) is 0 Å². The Morgan fingerprint density at radius 1 is 1.23 bits per heavy atom. The summed E-state index contributed by atoms with van der Waals surface area (Å²) in [4.78, 5) is 25.6. The number of carbonyl (C=O) groups excluding carboxylic acids is 1. The van der Waals surface area contributed by atoms with Crippen LogP contribution >= 0.6 is 11.3 Å². The van der Waals surface area contributed by atoms with Gasteiger partial charge in [-0.25, -0.2) is 15.0 Å². The van der Waals surface area contributed by atoms with Crippen molar-refractivity contribution in [2.45, 2.75) is 6.54 Å². The largest absolute Gasteiger partial charge is 0.481 e. The Balaban J connectivity index is 1.63. The van der Waals surface area contributed by atoms with E-state index in [1.54, 1.807) is 30.9 Å². The van der Waals surface area contributed by atoms with E-state index in [0.717, 1.165) is 16.7 Å². The van der Waals surface area contributed by atoms with E-state index in [9.17, 15) is 4.79 Å². The summed E-state index contributed by atoms with van der Waals surface area (Å²) in [5, 5.41) is 4.76. The summed E-state index contributed by atoms with van der Waals surface area (Å²) in [7, 11) is 1.55. The number of aromatic nitrogens is 4. The lowest BCUT2D eigenvalue weighted by atomic mass is 10.3. The highest BCUT2D eigenvalue weighted by Gasteiger charge is 2.16. The summed E-state index contributed by atoms with van der Waals surface area (Å²) in [5.41, 5.74) is 4.83. The van der Waals surface area contributed by atoms with Crippen molar-refractivity contribution in [2.75, 3.05) is 12.4 Å². The molecule has 7 nitrogen and oxygen atoms in total. The Labute approximate surface area is 153 Å². The fourth-order valence-corrected chi connectivity index (χ4v) is 3.20. The third kappa shape index (κ3) is 3.14. The Kier molecular flexibility index (Phi) is 4.32. The number of amides is 1. The molecule has 3 heterocycles. The van der Waals surface area contributed by atoms with Crippen molar-refractivity contribution in [3.8, 4) is 17.4 Å². The second-order valence-electron chi connectivity index (χ2n) is 5.52. The molecule has 0 aliphatic heterocycles. The third-order valence-electron chi connectivity index (χ3n) is 3.85. The molecule has 4 rings (SSSR count). The minimum absolute atomic E-state index is 0.124. The van der Waals surface area contributed by atoms with Gasteiger partial charge < -0.3 is 14.6 Å². The molecule has 1 amide bonds. The first kappa shape index (κ1) is 16.2. The van der Waals surface area contributed by atoms with Crippen LogP contribution in [0.1, 0.15) is 0 Å². The highest BCUT2D eigenvalue weighted by molar-refractivity contribution is 7.07. The molecule has 1 aromatic carbocycles. The van der Waals surface area contributed by atoms with Gasteiger partial charge in [0, 0.05) is 11.4 Å². The standard InChI is InChI=1S/C18H15N5O2S/c1-25-17-7-6-12(8-19-17)21-16(24)9-23-15-5-3-2-4-13(15)22-18(23)14-10-26-11-20-14/h2-8,10-11H,9H2,1H3,(H,21,24). The first-order valence-corrected chi connectivity index (χ1v) is 8.82. The van der Waals surface area contributed by atoms with Gasteiger partial charge in [-0.1, -0.05) is 12.1 Å². The molecule has 4 aromatic rings. The molecular formula is C18H15N5O2S. The van der Waals surface area contributed by atoms with Crippen molar-refractivity contribution in [2.24, 2.45) is 0 Å². The van der Waals surface area contributed by atoms with Gasteiger partial charge in [-0.05, 0) is 18.2 Å². The van der Waals surface area contributed by atoms with Crippen molar-refractivity contribution in [3.05, 3.63) is 53.5 Å². The van der Waals surface area contributed by atoms with E-state index in [0.29, 0.717) is 17.4 Å². The van der Waals surface area contributed by atoms with Crippen LogP contribution in [0.4, 0.5) is 5.69 Å². The second kappa shape index (κ2) is 6.93. The summed E-state index contributed by atoms with van der Waals surface area (Å²) in [5.74, 6) is 1.00. The first-order chi connectivity index (χ1) is 12.7. The number of methoxy groups -OCH3 is 1. The quantitative estimate of drug-likeness (QED) is 0.587. The highest BCUT2D eigenvalue weighted by atomic mass is 32.1. The van der Waals surface area contributed by atoms with Crippen molar-refractivity contribution < 1.29 is 9.53 Å². The van der Waals surface area contributed by atoms with E-state index in [2.05, 4.69) is 20.3 Å². The van der Waals surface area contributed by atoms with Gasteiger partial charge in [0.2, 0.25) is 11.8 Å². The molecule has 0 radical (unpaired) electrons. The van der Waals surface area contributed by atoms with Crippen LogP contribution in [-0.4, -0.2) is 32.5 Å². The van der Waals surface area contributed by atoms with Crippen LogP contribution in [0.3, 0.4) is 0 Å². The van der Waals surface area contributed by atoms with Gasteiger partial charge in [0.25, 0.3) is 0 Å². The molecule has 3 aromatic heterocycles. The lowest BCUT2D eigenvalue weighted by molar-refractivity contribution is -0.116. The number of pyridine rings is 1. The van der Waals surface area contributed by atoms with Crippen molar-refractivity contribution >= 4 is 34.0 Å². The van der Waals surface area contributed by atoms with Crippen LogP contribution in [0.2, 0.25) is 0 Å². The predicted octanol–water partition coefficient (Wildman–Crippen LogP) is 3.20. The number of imidazole rings is 1. The molecular weight excluding hydrogens is 350 g/mol. The first-order valence-electron chi connectivity index (χ1n) is 7.88. The van der Waals surface area contributed by atoms with Crippen LogP contribution < -0.4 is 10.1 Å². The Morgan fingerprint density at radius 2 is 2.12 bits per heavy atom. The Bertz CT molecular complexity index is 1040. The molecule has 26 heavy (non-hydrogen) atoms. The Morgan fingerprint density at radius 3 is 2.85 bits per heavy atom. The van der Waals surface area contributed by atoms with E-state index < -0.39 is 0 Å². The molecule has 0 aliphatic rings. The van der Waals surface area contributed by atoms with E-state index in [-0.39, 0.29) is 12.5 Å². The maximum Gasteiger partial charge on any atom is 0.244 e. The second-order valence-corrected chi connectivity index (χ2v) is 6.24. The number of thiazole rings is 1. The van der Waals surface area contributed by atoms with E-state index in [1.807, 2.05) is 34.2 Å². The maximum absolute atomic E-state index is 12.6. The zero-order valence-corrected chi connectivity index (χ0v) is 14.7.